The van der Waals surface area contributed by atoms with Crippen LogP contribution in [-0.4, -0.2) is 17.7 Å². The van der Waals surface area contributed by atoms with Crippen molar-refractivity contribution in [3.8, 4) is 0 Å². The Kier molecular flexibility index (Phi) is 4.92. The molecule has 0 N–H and O–H groups in total. The second-order valence-corrected chi connectivity index (χ2v) is 5.63. The third-order valence-electron chi connectivity index (χ3n) is 2.94. The zero-order valence-corrected chi connectivity index (χ0v) is 11.8. The van der Waals surface area contributed by atoms with E-state index in [9.17, 15) is 14.2 Å². The van der Waals surface area contributed by atoms with Crippen molar-refractivity contribution in [2.45, 2.75) is 27.2 Å². The smallest absolute Gasteiger partial charge is 0.163 e. The van der Waals surface area contributed by atoms with E-state index in [0.29, 0.717) is 5.56 Å². The number of hydrogen-bond acceptors (Lipinski definition) is 3. The van der Waals surface area contributed by atoms with Crippen molar-refractivity contribution >= 4 is 20.0 Å². The van der Waals surface area contributed by atoms with Crippen LogP contribution in [-0.2, 0) is 9.36 Å². The van der Waals surface area contributed by atoms with Gasteiger partial charge in [-0.15, -0.1) is 0 Å². The van der Waals surface area contributed by atoms with E-state index in [-0.39, 0.29) is 32.6 Å². The molecule has 3 nitrogen and oxygen atoms in total. The fourth-order valence-electron chi connectivity index (χ4n) is 1.61. The number of rotatable bonds is 6. The van der Waals surface area contributed by atoms with Crippen LogP contribution in [0.1, 0.15) is 36.2 Å². The van der Waals surface area contributed by atoms with E-state index < -0.39 is 5.41 Å². The van der Waals surface area contributed by atoms with E-state index in [4.69, 9.17) is 0 Å². The van der Waals surface area contributed by atoms with Crippen molar-refractivity contribution in [3.63, 3.8) is 0 Å². The van der Waals surface area contributed by atoms with Gasteiger partial charge in [-0.25, -0.2) is 0 Å². The van der Waals surface area contributed by atoms with Crippen molar-refractivity contribution in [2.24, 2.45) is 5.41 Å². The Morgan fingerprint density at radius 1 is 1.17 bits per heavy atom. The van der Waals surface area contributed by atoms with Crippen LogP contribution in [0, 0.1) is 12.3 Å². The molecule has 0 aliphatic rings. The van der Waals surface area contributed by atoms with Crippen LogP contribution >= 0.6 is 8.46 Å². The molecule has 0 spiro atoms. The number of Topliss-reactive ketones (excluding diaryl/α,β-unsaturated/α-hetero) is 2. The fourth-order valence-corrected chi connectivity index (χ4v) is 2.16. The molecule has 18 heavy (non-hydrogen) atoms. The van der Waals surface area contributed by atoms with Crippen LogP contribution in [0.3, 0.4) is 0 Å². The SMILES string of the molecule is Cc1ccc(C(=O)CC(C)(C)C(=O)CP=O)cc1. The first-order chi connectivity index (χ1) is 8.36. The van der Waals surface area contributed by atoms with Crippen molar-refractivity contribution in [3.05, 3.63) is 35.4 Å². The van der Waals surface area contributed by atoms with Crippen molar-refractivity contribution in [1.29, 1.82) is 0 Å². The number of aryl methyl sites for hydroxylation is 1. The molecule has 1 aromatic rings. The summed E-state index contributed by atoms with van der Waals surface area (Å²) in [7, 11) is -0.194. The summed E-state index contributed by atoms with van der Waals surface area (Å²) in [5.41, 5.74) is 0.938. The van der Waals surface area contributed by atoms with Crippen molar-refractivity contribution < 1.29 is 14.2 Å². The first kappa shape index (κ1) is 14.7. The molecular formula is C14H17O3P. The van der Waals surface area contributed by atoms with E-state index in [1.165, 1.54) is 0 Å². The monoisotopic (exact) mass is 264 g/mol. The van der Waals surface area contributed by atoms with Crippen LogP contribution in [0.25, 0.3) is 0 Å². The second-order valence-electron chi connectivity index (χ2n) is 5.06. The molecule has 0 aliphatic carbocycles. The van der Waals surface area contributed by atoms with Gasteiger partial charge in [0.1, 0.15) is 5.78 Å². The topological polar surface area (TPSA) is 51.2 Å². The minimum Gasteiger partial charge on any atom is -0.298 e. The summed E-state index contributed by atoms with van der Waals surface area (Å²) in [5.74, 6) is -0.212. The number of ketones is 2. The quantitative estimate of drug-likeness (QED) is 0.584. The van der Waals surface area contributed by atoms with Gasteiger partial charge in [-0.3, -0.25) is 14.2 Å². The molecule has 0 saturated heterocycles. The Morgan fingerprint density at radius 3 is 2.22 bits per heavy atom. The Bertz CT molecular complexity index is 460. The lowest BCUT2D eigenvalue weighted by Crippen LogP contribution is -2.28. The predicted molar refractivity (Wildman–Crippen MR) is 71.4 cm³/mol. The highest BCUT2D eigenvalue weighted by atomic mass is 31.1. The minimum absolute atomic E-state index is 0.0336. The summed E-state index contributed by atoms with van der Waals surface area (Å²) in [6, 6.07) is 7.28. The molecule has 0 heterocycles. The highest BCUT2D eigenvalue weighted by Gasteiger charge is 2.30. The fraction of sp³-hybridized carbons (Fsp3) is 0.429. The maximum Gasteiger partial charge on any atom is 0.163 e. The molecule has 0 fully saturated rings. The van der Waals surface area contributed by atoms with E-state index in [1.54, 1.807) is 26.0 Å². The first-order valence-electron chi connectivity index (χ1n) is 5.79. The Labute approximate surface area is 109 Å². The van der Waals surface area contributed by atoms with Gasteiger partial charge >= 0.3 is 0 Å². The van der Waals surface area contributed by atoms with E-state index in [1.807, 2.05) is 19.1 Å². The van der Waals surface area contributed by atoms with Crippen LogP contribution in [0.4, 0.5) is 0 Å². The summed E-state index contributed by atoms with van der Waals surface area (Å²) < 4.78 is 10.4. The molecule has 0 bridgehead atoms. The first-order valence-corrected chi connectivity index (χ1v) is 6.79. The molecule has 0 amide bonds. The minimum atomic E-state index is -0.765. The lowest BCUT2D eigenvalue weighted by Gasteiger charge is -2.20. The molecule has 0 unspecified atom stereocenters. The van der Waals surface area contributed by atoms with Crippen molar-refractivity contribution in [1.82, 2.24) is 0 Å². The maximum absolute atomic E-state index is 12.0. The lowest BCUT2D eigenvalue weighted by molar-refractivity contribution is -0.124. The van der Waals surface area contributed by atoms with Gasteiger partial charge in [-0.1, -0.05) is 43.7 Å². The Morgan fingerprint density at radius 2 is 1.72 bits per heavy atom. The number of hydrogen-bond donors (Lipinski definition) is 0. The molecule has 1 aromatic carbocycles. The summed E-state index contributed by atoms with van der Waals surface area (Å²) in [6.07, 6.45) is 0.110. The largest absolute Gasteiger partial charge is 0.298 e. The molecule has 96 valence electrons. The lowest BCUT2D eigenvalue weighted by atomic mass is 9.82. The molecule has 0 aromatic heterocycles. The molecule has 0 atom stereocenters. The predicted octanol–water partition coefficient (Wildman–Crippen LogP) is 3.45. The van der Waals surface area contributed by atoms with Crippen LogP contribution in [0.15, 0.2) is 24.3 Å². The van der Waals surface area contributed by atoms with E-state index in [0.717, 1.165) is 5.56 Å². The average Bonchev–Trinajstić information content (AvgIpc) is 2.29. The zero-order valence-electron chi connectivity index (χ0n) is 10.9. The van der Waals surface area contributed by atoms with Gasteiger partial charge in [-0.05, 0) is 6.92 Å². The molecular weight excluding hydrogens is 247 g/mol. The van der Waals surface area contributed by atoms with Gasteiger partial charge < -0.3 is 0 Å². The maximum atomic E-state index is 12.0. The molecule has 0 aliphatic heterocycles. The van der Waals surface area contributed by atoms with Gasteiger partial charge in [0.2, 0.25) is 0 Å². The van der Waals surface area contributed by atoms with E-state index in [2.05, 4.69) is 0 Å². The molecule has 0 saturated carbocycles. The molecule has 1 rings (SSSR count). The second kappa shape index (κ2) is 6.01. The summed E-state index contributed by atoms with van der Waals surface area (Å²) >= 11 is 0. The van der Waals surface area contributed by atoms with Gasteiger partial charge in [-0.2, -0.15) is 0 Å². The van der Waals surface area contributed by atoms with Gasteiger partial charge in [0, 0.05) is 17.4 Å². The highest BCUT2D eigenvalue weighted by molar-refractivity contribution is 7.25. The Hall–Kier alpha value is -1.34. The zero-order chi connectivity index (χ0) is 13.8. The summed E-state index contributed by atoms with van der Waals surface area (Å²) in [4.78, 5) is 23.8. The Balaban J connectivity index is 2.78. The van der Waals surface area contributed by atoms with Gasteiger partial charge in [0.05, 0.1) is 6.16 Å². The normalized spacial score (nSPS) is 11.5. The number of carbonyl (C=O) groups is 2. The van der Waals surface area contributed by atoms with Crippen molar-refractivity contribution in [2.75, 3.05) is 6.16 Å². The molecule has 4 heteroatoms. The van der Waals surface area contributed by atoms with Crippen LogP contribution in [0.5, 0.6) is 0 Å². The summed E-state index contributed by atoms with van der Waals surface area (Å²) in [6.45, 7) is 5.38. The van der Waals surface area contributed by atoms with E-state index >= 15 is 0 Å². The standard InChI is InChI=1S/C14H17O3P/c1-10-4-6-11(7-5-10)12(15)8-14(2,3)13(16)9-18-17/h4-7H,8-9H2,1-3H3. The third kappa shape index (κ3) is 3.85. The van der Waals surface area contributed by atoms with Gasteiger partial charge in [0.25, 0.3) is 0 Å². The third-order valence-corrected chi connectivity index (χ3v) is 3.36. The van der Waals surface area contributed by atoms with Crippen LogP contribution < -0.4 is 0 Å². The average molecular weight is 264 g/mol. The highest BCUT2D eigenvalue weighted by Crippen LogP contribution is 2.25. The summed E-state index contributed by atoms with van der Waals surface area (Å²) in [5, 5.41) is 0. The van der Waals surface area contributed by atoms with Gasteiger partial charge in [0.15, 0.2) is 14.2 Å². The number of benzene rings is 1. The number of carbonyl (C=O) groups excluding carboxylic acids is 2. The molecule has 0 radical (unpaired) electrons. The van der Waals surface area contributed by atoms with Crippen LogP contribution in [0.2, 0.25) is 0 Å².